The summed E-state index contributed by atoms with van der Waals surface area (Å²) in [6.45, 7) is 3.61. The SMILES string of the molecule is CCN1c2ccc(F)cc2C(=O)NC12CCN(C(=O)c1cc(OC)cc(OC)c1)CC2. The van der Waals surface area contributed by atoms with E-state index in [4.69, 9.17) is 9.47 Å². The Morgan fingerprint density at radius 3 is 2.32 bits per heavy atom. The minimum absolute atomic E-state index is 0.111. The van der Waals surface area contributed by atoms with E-state index in [2.05, 4.69) is 10.2 Å². The van der Waals surface area contributed by atoms with Crippen molar-refractivity contribution in [1.29, 1.82) is 0 Å². The van der Waals surface area contributed by atoms with Gasteiger partial charge in [-0.05, 0) is 37.3 Å². The van der Waals surface area contributed by atoms with Crippen LogP contribution in [0.25, 0.3) is 0 Å². The number of nitrogens with zero attached hydrogens (tertiary/aromatic N) is 2. The molecule has 1 spiro atoms. The molecule has 0 aliphatic carbocycles. The van der Waals surface area contributed by atoms with Gasteiger partial charge in [0.2, 0.25) is 0 Å². The third-order valence-corrected chi connectivity index (χ3v) is 6.15. The molecule has 2 aliphatic rings. The zero-order valence-corrected chi connectivity index (χ0v) is 17.9. The molecular weight excluding hydrogens is 401 g/mol. The lowest BCUT2D eigenvalue weighted by Crippen LogP contribution is -2.68. The summed E-state index contributed by atoms with van der Waals surface area (Å²) in [5.41, 5.74) is 0.965. The number of fused-ring (bicyclic) bond motifs is 1. The molecule has 1 saturated heterocycles. The molecule has 4 rings (SSSR count). The number of hydrogen-bond donors (Lipinski definition) is 1. The van der Waals surface area contributed by atoms with Crippen LogP contribution in [0.15, 0.2) is 36.4 Å². The normalized spacial score (nSPS) is 17.2. The number of rotatable bonds is 4. The number of carbonyl (C=O) groups is 2. The van der Waals surface area contributed by atoms with Crippen molar-refractivity contribution >= 4 is 17.5 Å². The zero-order valence-electron chi connectivity index (χ0n) is 17.9. The van der Waals surface area contributed by atoms with E-state index in [1.807, 2.05) is 6.92 Å². The Kier molecular flexibility index (Phi) is 5.47. The fourth-order valence-electron chi connectivity index (χ4n) is 4.56. The summed E-state index contributed by atoms with van der Waals surface area (Å²) in [4.78, 5) is 29.8. The summed E-state index contributed by atoms with van der Waals surface area (Å²) in [5.74, 6) is 0.277. The first kappa shape index (κ1) is 21.0. The van der Waals surface area contributed by atoms with Gasteiger partial charge in [0.1, 0.15) is 23.0 Å². The first-order chi connectivity index (χ1) is 14.9. The van der Waals surface area contributed by atoms with Gasteiger partial charge in [-0.15, -0.1) is 0 Å². The second kappa shape index (κ2) is 8.09. The number of nitrogens with one attached hydrogen (secondary N) is 1. The largest absolute Gasteiger partial charge is 0.497 e. The highest BCUT2D eigenvalue weighted by molar-refractivity contribution is 6.02. The molecule has 7 nitrogen and oxygen atoms in total. The smallest absolute Gasteiger partial charge is 0.255 e. The number of methoxy groups -OCH3 is 2. The van der Waals surface area contributed by atoms with Crippen molar-refractivity contribution in [2.45, 2.75) is 25.4 Å². The summed E-state index contributed by atoms with van der Waals surface area (Å²) >= 11 is 0. The van der Waals surface area contributed by atoms with Crippen LogP contribution in [0.4, 0.5) is 10.1 Å². The van der Waals surface area contributed by atoms with E-state index in [-0.39, 0.29) is 11.8 Å². The molecule has 0 saturated carbocycles. The Morgan fingerprint density at radius 1 is 1.10 bits per heavy atom. The first-order valence-electron chi connectivity index (χ1n) is 10.3. The molecule has 1 fully saturated rings. The van der Waals surface area contributed by atoms with Crippen LogP contribution in [0.3, 0.4) is 0 Å². The average molecular weight is 427 g/mol. The number of benzene rings is 2. The molecule has 31 heavy (non-hydrogen) atoms. The van der Waals surface area contributed by atoms with Gasteiger partial charge in [-0.25, -0.2) is 4.39 Å². The van der Waals surface area contributed by atoms with Crippen LogP contribution in [0, 0.1) is 5.82 Å². The monoisotopic (exact) mass is 427 g/mol. The van der Waals surface area contributed by atoms with Crippen molar-refractivity contribution in [1.82, 2.24) is 10.2 Å². The number of halogens is 1. The third-order valence-electron chi connectivity index (χ3n) is 6.15. The van der Waals surface area contributed by atoms with Gasteiger partial charge in [0.15, 0.2) is 0 Å². The van der Waals surface area contributed by atoms with Crippen LogP contribution >= 0.6 is 0 Å². The number of piperidine rings is 1. The molecular formula is C23H26FN3O4. The Hall–Kier alpha value is -3.29. The van der Waals surface area contributed by atoms with E-state index >= 15 is 0 Å². The molecule has 0 radical (unpaired) electrons. The maximum atomic E-state index is 13.7. The number of likely N-dealkylation sites (tertiary alicyclic amines) is 1. The Balaban J connectivity index is 1.56. The van der Waals surface area contributed by atoms with Crippen molar-refractivity contribution in [3.8, 4) is 11.5 Å². The van der Waals surface area contributed by atoms with E-state index in [9.17, 15) is 14.0 Å². The Morgan fingerprint density at radius 2 is 1.74 bits per heavy atom. The van der Waals surface area contributed by atoms with Gasteiger partial charge in [-0.2, -0.15) is 0 Å². The van der Waals surface area contributed by atoms with Crippen LogP contribution in [-0.4, -0.2) is 56.2 Å². The highest BCUT2D eigenvalue weighted by atomic mass is 19.1. The van der Waals surface area contributed by atoms with Gasteiger partial charge in [-0.3, -0.25) is 9.59 Å². The second-order valence-electron chi connectivity index (χ2n) is 7.78. The molecule has 8 heteroatoms. The molecule has 0 bridgehead atoms. The predicted molar refractivity (Wildman–Crippen MR) is 114 cm³/mol. The maximum Gasteiger partial charge on any atom is 0.255 e. The van der Waals surface area contributed by atoms with Gasteiger partial charge in [-0.1, -0.05) is 0 Å². The van der Waals surface area contributed by atoms with Gasteiger partial charge in [0.25, 0.3) is 11.8 Å². The van der Waals surface area contributed by atoms with E-state index < -0.39 is 11.5 Å². The van der Waals surface area contributed by atoms with Crippen LogP contribution in [0.1, 0.15) is 40.5 Å². The van der Waals surface area contributed by atoms with Crippen molar-refractivity contribution in [2.75, 3.05) is 38.8 Å². The van der Waals surface area contributed by atoms with Gasteiger partial charge in [0.05, 0.1) is 25.5 Å². The molecule has 0 unspecified atom stereocenters. The number of amides is 2. The topological polar surface area (TPSA) is 71.1 Å². The van der Waals surface area contributed by atoms with Crippen LogP contribution in [0.5, 0.6) is 11.5 Å². The van der Waals surface area contributed by atoms with Crippen molar-refractivity contribution in [3.63, 3.8) is 0 Å². The molecule has 0 atom stereocenters. The molecule has 2 heterocycles. The lowest BCUT2D eigenvalue weighted by Gasteiger charge is -2.52. The van der Waals surface area contributed by atoms with E-state index in [0.717, 1.165) is 5.69 Å². The van der Waals surface area contributed by atoms with Crippen molar-refractivity contribution in [2.24, 2.45) is 0 Å². The molecule has 2 aromatic rings. The first-order valence-corrected chi connectivity index (χ1v) is 10.3. The number of ether oxygens (including phenoxy) is 2. The molecule has 2 aliphatic heterocycles. The summed E-state index contributed by atoms with van der Waals surface area (Å²) < 4.78 is 24.2. The summed E-state index contributed by atoms with van der Waals surface area (Å²) in [6, 6.07) is 9.42. The second-order valence-corrected chi connectivity index (χ2v) is 7.78. The van der Waals surface area contributed by atoms with Gasteiger partial charge in [0, 0.05) is 44.1 Å². The van der Waals surface area contributed by atoms with Gasteiger partial charge >= 0.3 is 0 Å². The fraction of sp³-hybridized carbons (Fsp3) is 0.391. The van der Waals surface area contributed by atoms with Crippen LogP contribution < -0.4 is 19.7 Å². The maximum absolute atomic E-state index is 13.7. The minimum atomic E-state index is -0.598. The quantitative estimate of drug-likeness (QED) is 0.812. The lowest BCUT2D eigenvalue weighted by molar-refractivity contribution is 0.0603. The number of carbonyl (C=O) groups excluding carboxylic acids is 2. The highest BCUT2D eigenvalue weighted by Crippen LogP contribution is 2.38. The average Bonchev–Trinajstić information content (AvgIpc) is 2.79. The summed E-state index contributed by atoms with van der Waals surface area (Å²) in [7, 11) is 3.09. The predicted octanol–water partition coefficient (Wildman–Crippen LogP) is 3.05. The zero-order chi connectivity index (χ0) is 22.2. The van der Waals surface area contributed by atoms with E-state index in [1.165, 1.54) is 12.1 Å². The third kappa shape index (κ3) is 3.66. The molecule has 1 N–H and O–H groups in total. The van der Waals surface area contributed by atoms with Crippen molar-refractivity contribution in [3.05, 3.63) is 53.3 Å². The Labute approximate surface area is 180 Å². The minimum Gasteiger partial charge on any atom is -0.497 e. The van der Waals surface area contributed by atoms with E-state index in [1.54, 1.807) is 43.4 Å². The lowest BCUT2D eigenvalue weighted by atomic mass is 9.89. The summed E-state index contributed by atoms with van der Waals surface area (Å²) in [5, 5.41) is 3.09. The van der Waals surface area contributed by atoms with Crippen LogP contribution in [0.2, 0.25) is 0 Å². The standard InChI is InChI=1S/C23H26FN3O4/c1-4-27-20-6-5-16(24)13-19(20)21(28)25-23(27)7-9-26(10-8-23)22(29)15-11-17(30-2)14-18(12-15)31-3/h5-6,11-14H,4,7-10H2,1-3H3,(H,25,28). The Bertz CT molecular complexity index is 996. The molecule has 2 aromatic carbocycles. The highest BCUT2D eigenvalue weighted by Gasteiger charge is 2.46. The van der Waals surface area contributed by atoms with Gasteiger partial charge < -0.3 is 24.6 Å². The molecule has 0 aromatic heterocycles. The summed E-state index contributed by atoms with van der Waals surface area (Å²) in [6.07, 6.45) is 1.13. The fourth-order valence-corrected chi connectivity index (χ4v) is 4.56. The number of hydrogen-bond acceptors (Lipinski definition) is 5. The molecule has 2 amide bonds. The van der Waals surface area contributed by atoms with Crippen LogP contribution in [-0.2, 0) is 0 Å². The molecule has 164 valence electrons. The van der Waals surface area contributed by atoms with Crippen molar-refractivity contribution < 1.29 is 23.5 Å². The number of anilines is 1. The van der Waals surface area contributed by atoms with E-state index in [0.29, 0.717) is 55.1 Å².